The van der Waals surface area contributed by atoms with Crippen molar-refractivity contribution in [1.29, 1.82) is 0 Å². The van der Waals surface area contributed by atoms with Gasteiger partial charge in [0, 0.05) is 17.8 Å². The topological polar surface area (TPSA) is 76.4 Å². The van der Waals surface area contributed by atoms with E-state index in [1.54, 1.807) is 0 Å². The molecule has 0 radical (unpaired) electrons. The quantitative estimate of drug-likeness (QED) is 0.757. The largest absolute Gasteiger partial charge is 0.482 e. The fraction of sp³-hybridized carbons (Fsp3) is 0.500. The van der Waals surface area contributed by atoms with Crippen molar-refractivity contribution in [1.82, 2.24) is 0 Å². The molecule has 1 fully saturated rings. The molecule has 102 valence electrons. The third-order valence-corrected chi connectivity index (χ3v) is 3.70. The van der Waals surface area contributed by atoms with Gasteiger partial charge in [-0.25, -0.2) is 0 Å². The molecule has 1 saturated carbocycles. The molecule has 1 aromatic carbocycles. The number of carbonyl (C=O) groups excluding carboxylic acids is 1. The number of rotatable bonds is 2. The van der Waals surface area contributed by atoms with Crippen molar-refractivity contribution in [3.05, 3.63) is 18.2 Å². The summed E-state index contributed by atoms with van der Waals surface area (Å²) in [5.74, 6) is 0.620. The normalized spacial score (nSPS) is 26.1. The lowest BCUT2D eigenvalue weighted by molar-refractivity contribution is -0.118. The van der Waals surface area contributed by atoms with Crippen molar-refractivity contribution in [2.24, 2.45) is 5.73 Å². The van der Waals surface area contributed by atoms with Crippen LogP contribution in [-0.4, -0.2) is 24.6 Å². The molecule has 2 aliphatic rings. The Morgan fingerprint density at radius 1 is 1.37 bits per heavy atom. The fourth-order valence-corrected chi connectivity index (χ4v) is 2.77. The second-order valence-electron chi connectivity index (χ2n) is 5.32. The van der Waals surface area contributed by atoms with Crippen LogP contribution in [0.4, 0.5) is 11.4 Å². The molecule has 4 N–H and O–H groups in total. The summed E-state index contributed by atoms with van der Waals surface area (Å²) in [4.78, 5) is 11.3. The van der Waals surface area contributed by atoms with Crippen LogP contribution in [0, 0.1) is 0 Å². The van der Waals surface area contributed by atoms with Gasteiger partial charge in [-0.3, -0.25) is 4.79 Å². The second kappa shape index (κ2) is 5.09. The molecule has 1 heterocycles. The highest BCUT2D eigenvalue weighted by Crippen LogP contribution is 2.31. The maximum absolute atomic E-state index is 11.3. The summed E-state index contributed by atoms with van der Waals surface area (Å²) >= 11 is 0. The number of hydrogen-bond donors (Lipinski definition) is 3. The molecule has 1 aromatic rings. The van der Waals surface area contributed by atoms with Gasteiger partial charge >= 0.3 is 0 Å². The molecule has 0 saturated heterocycles. The predicted octanol–water partition coefficient (Wildman–Crippen LogP) is 1.70. The van der Waals surface area contributed by atoms with Gasteiger partial charge in [0.25, 0.3) is 5.91 Å². The van der Waals surface area contributed by atoms with Crippen molar-refractivity contribution in [2.45, 2.75) is 37.8 Å². The lowest BCUT2D eigenvalue weighted by atomic mass is 9.91. The van der Waals surface area contributed by atoms with Gasteiger partial charge in [0.15, 0.2) is 6.61 Å². The van der Waals surface area contributed by atoms with Crippen LogP contribution < -0.4 is 21.1 Å². The average molecular weight is 261 g/mol. The van der Waals surface area contributed by atoms with Crippen molar-refractivity contribution < 1.29 is 9.53 Å². The molecule has 19 heavy (non-hydrogen) atoms. The molecular formula is C14H19N3O2. The predicted molar refractivity (Wildman–Crippen MR) is 74.4 cm³/mol. The van der Waals surface area contributed by atoms with Gasteiger partial charge in [0.05, 0.1) is 5.69 Å². The molecule has 5 heteroatoms. The molecule has 0 aromatic heterocycles. The Kier molecular flexibility index (Phi) is 3.29. The number of nitrogens with two attached hydrogens (primary N) is 1. The molecule has 3 rings (SSSR count). The van der Waals surface area contributed by atoms with Crippen LogP contribution in [-0.2, 0) is 4.79 Å². The van der Waals surface area contributed by atoms with Gasteiger partial charge in [0.2, 0.25) is 0 Å². The molecular weight excluding hydrogens is 242 g/mol. The molecule has 0 spiro atoms. The summed E-state index contributed by atoms with van der Waals surface area (Å²) < 4.78 is 5.34. The van der Waals surface area contributed by atoms with E-state index in [2.05, 4.69) is 10.6 Å². The lowest BCUT2D eigenvalue weighted by Crippen LogP contribution is -2.35. The summed E-state index contributed by atoms with van der Waals surface area (Å²) in [6, 6.07) is 6.51. The number of anilines is 2. The van der Waals surface area contributed by atoms with E-state index in [4.69, 9.17) is 10.5 Å². The zero-order valence-electron chi connectivity index (χ0n) is 10.8. The highest BCUT2D eigenvalue weighted by Gasteiger charge is 2.20. The molecule has 2 atom stereocenters. The Morgan fingerprint density at radius 3 is 3.11 bits per heavy atom. The molecule has 0 bridgehead atoms. The van der Waals surface area contributed by atoms with E-state index in [1.807, 2.05) is 18.2 Å². The van der Waals surface area contributed by atoms with E-state index in [0.717, 1.165) is 36.4 Å². The van der Waals surface area contributed by atoms with E-state index in [0.29, 0.717) is 12.1 Å². The SMILES string of the molecule is NC1CCCC(Nc2ccc3c(c2)NC(=O)CO3)C1. The van der Waals surface area contributed by atoms with E-state index >= 15 is 0 Å². The van der Waals surface area contributed by atoms with Gasteiger partial charge in [-0.1, -0.05) is 0 Å². The summed E-state index contributed by atoms with van der Waals surface area (Å²) in [5, 5.41) is 6.31. The van der Waals surface area contributed by atoms with Crippen molar-refractivity contribution in [2.75, 3.05) is 17.2 Å². The maximum atomic E-state index is 11.3. The van der Waals surface area contributed by atoms with Crippen LogP contribution in [0.5, 0.6) is 5.75 Å². The van der Waals surface area contributed by atoms with E-state index in [-0.39, 0.29) is 12.5 Å². The summed E-state index contributed by atoms with van der Waals surface area (Å²) in [6.45, 7) is 0.0945. The first-order valence-electron chi connectivity index (χ1n) is 6.79. The molecule has 2 unspecified atom stereocenters. The minimum absolute atomic E-state index is 0.0945. The Bertz CT molecular complexity index is 490. The minimum atomic E-state index is -0.107. The number of carbonyl (C=O) groups is 1. The zero-order valence-corrected chi connectivity index (χ0v) is 10.8. The average Bonchev–Trinajstić information content (AvgIpc) is 2.38. The van der Waals surface area contributed by atoms with Gasteiger partial charge in [-0.2, -0.15) is 0 Å². The smallest absolute Gasteiger partial charge is 0.262 e. The molecule has 1 aliphatic carbocycles. The minimum Gasteiger partial charge on any atom is -0.482 e. The summed E-state index contributed by atoms with van der Waals surface area (Å²) in [6.07, 6.45) is 4.43. The first-order valence-corrected chi connectivity index (χ1v) is 6.79. The van der Waals surface area contributed by atoms with Gasteiger partial charge in [0.1, 0.15) is 5.75 Å². The maximum Gasteiger partial charge on any atom is 0.262 e. The number of fused-ring (bicyclic) bond motifs is 1. The Morgan fingerprint density at radius 2 is 2.26 bits per heavy atom. The van der Waals surface area contributed by atoms with Crippen LogP contribution in [0.25, 0.3) is 0 Å². The Balaban J connectivity index is 1.71. The zero-order chi connectivity index (χ0) is 13.2. The third kappa shape index (κ3) is 2.81. The highest BCUT2D eigenvalue weighted by atomic mass is 16.5. The van der Waals surface area contributed by atoms with Crippen LogP contribution in [0.3, 0.4) is 0 Å². The van der Waals surface area contributed by atoms with Crippen LogP contribution in [0.15, 0.2) is 18.2 Å². The lowest BCUT2D eigenvalue weighted by Gasteiger charge is -2.28. The Hall–Kier alpha value is -1.75. The van der Waals surface area contributed by atoms with Crippen molar-refractivity contribution in [3.63, 3.8) is 0 Å². The summed E-state index contributed by atoms with van der Waals surface area (Å²) in [5.41, 5.74) is 7.73. The first kappa shape index (κ1) is 12.3. The van der Waals surface area contributed by atoms with Crippen LogP contribution >= 0.6 is 0 Å². The number of amides is 1. The molecule has 1 amide bonds. The summed E-state index contributed by atoms with van der Waals surface area (Å²) in [7, 11) is 0. The number of nitrogens with one attached hydrogen (secondary N) is 2. The monoisotopic (exact) mass is 261 g/mol. The van der Waals surface area contributed by atoms with Gasteiger partial charge in [-0.05, 0) is 43.9 Å². The van der Waals surface area contributed by atoms with Crippen LogP contribution in [0.1, 0.15) is 25.7 Å². The number of benzene rings is 1. The standard InChI is InChI=1S/C14H19N3O2/c15-9-2-1-3-10(6-9)16-11-4-5-13-12(7-11)17-14(18)8-19-13/h4-5,7,9-10,16H,1-3,6,8,15H2,(H,17,18). The van der Waals surface area contributed by atoms with Crippen LogP contribution in [0.2, 0.25) is 0 Å². The molecule has 1 aliphatic heterocycles. The van der Waals surface area contributed by atoms with E-state index in [1.165, 1.54) is 6.42 Å². The second-order valence-corrected chi connectivity index (χ2v) is 5.32. The van der Waals surface area contributed by atoms with Crippen molar-refractivity contribution >= 4 is 17.3 Å². The van der Waals surface area contributed by atoms with Crippen molar-refractivity contribution in [3.8, 4) is 5.75 Å². The van der Waals surface area contributed by atoms with E-state index < -0.39 is 0 Å². The third-order valence-electron chi connectivity index (χ3n) is 3.70. The first-order chi connectivity index (χ1) is 9.20. The Labute approximate surface area is 112 Å². The molecule has 5 nitrogen and oxygen atoms in total. The van der Waals surface area contributed by atoms with Gasteiger partial charge < -0.3 is 21.1 Å². The number of ether oxygens (including phenoxy) is 1. The highest BCUT2D eigenvalue weighted by molar-refractivity contribution is 5.96. The number of hydrogen-bond acceptors (Lipinski definition) is 4. The van der Waals surface area contributed by atoms with Gasteiger partial charge in [-0.15, -0.1) is 0 Å². The van der Waals surface area contributed by atoms with E-state index in [9.17, 15) is 4.79 Å². The fourth-order valence-electron chi connectivity index (χ4n) is 2.77.